The van der Waals surface area contributed by atoms with Gasteiger partial charge in [-0.25, -0.2) is 0 Å². The molecular weight excluding hydrogens is 222 g/mol. The lowest BCUT2D eigenvalue weighted by atomic mass is 9.82. The van der Waals surface area contributed by atoms with E-state index in [-0.39, 0.29) is 11.5 Å². The van der Waals surface area contributed by atoms with Crippen molar-refractivity contribution in [3.05, 3.63) is 28.8 Å². The highest BCUT2D eigenvalue weighted by Crippen LogP contribution is 2.37. The van der Waals surface area contributed by atoms with Crippen LogP contribution in [0.4, 0.5) is 0 Å². The maximum atomic E-state index is 10.5. The molecule has 102 valence electrons. The van der Waals surface area contributed by atoms with Gasteiger partial charge in [0.15, 0.2) is 0 Å². The average molecular weight is 249 g/mol. The van der Waals surface area contributed by atoms with Crippen molar-refractivity contribution in [1.82, 2.24) is 0 Å². The maximum Gasteiger partial charge on any atom is 0.124 e. The molecule has 0 saturated carbocycles. The van der Waals surface area contributed by atoms with E-state index in [4.69, 9.17) is 5.73 Å². The van der Waals surface area contributed by atoms with Crippen molar-refractivity contribution in [3.8, 4) is 5.75 Å². The lowest BCUT2D eigenvalue weighted by Crippen LogP contribution is -2.17. The normalized spacial score (nSPS) is 14.0. The Kier molecular flexibility index (Phi) is 4.44. The molecule has 0 aliphatic rings. The summed E-state index contributed by atoms with van der Waals surface area (Å²) < 4.78 is 0. The summed E-state index contributed by atoms with van der Waals surface area (Å²) in [4.78, 5) is 0. The van der Waals surface area contributed by atoms with Gasteiger partial charge < -0.3 is 10.8 Å². The number of benzene rings is 1. The zero-order valence-electron chi connectivity index (χ0n) is 12.5. The second kappa shape index (κ2) is 5.31. The molecule has 1 atom stereocenters. The highest BCUT2D eigenvalue weighted by Gasteiger charge is 2.23. The first-order chi connectivity index (χ1) is 8.12. The number of nitrogens with two attached hydrogens (primary N) is 1. The third-order valence-corrected chi connectivity index (χ3v) is 3.22. The van der Waals surface area contributed by atoms with Gasteiger partial charge in [-0.15, -0.1) is 0 Å². The highest BCUT2D eigenvalue weighted by atomic mass is 16.3. The second-order valence-corrected chi connectivity index (χ2v) is 6.74. The SMILES string of the molecule is Cc1cc(C(N)CC(C)C)c(O)c(C(C)(C)C)c1. The van der Waals surface area contributed by atoms with Crippen LogP contribution in [0.15, 0.2) is 12.1 Å². The van der Waals surface area contributed by atoms with Crippen molar-refractivity contribution in [1.29, 1.82) is 0 Å². The smallest absolute Gasteiger partial charge is 0.124 e. The molecule has 2 heteroatoms. The third kappa shape index (κ3) is 3.49. The minimum absolute atomic E-state index is 0.0671. The highest BCUT2D eigenvalue weighted by molar-refractivity contribution is 5.48. The van der Waals surface area contributed by atoms with Crippen LogP contribution in [0.1, 0.15) is 63.8 Å². The lowest BCUT2D eigenvalue weighted by Gasteiger charge is -2.25. The minimum atomic E-state index is -0.0917. The summed E-state index contributed by atoms with van der Waals surface area (Å²) in [5.74, 6) is 0.902. The van der Waals surface area contributed by atoms with E-state index in [1.54, 1.807) is 0 Å². The quantitative estimate of drug-likeness (QED) is 0.849. The van der Waals surface area contributed by atoms with Crippen molar-refractivity contribution < 1.29 is 5.11 Å². The van der Waals surface area contributed by atoms with Crippen LogP contribution in [-0.2, 0) is 5.41 Å². The molecule has 1 aromatic rings. The summed E-state index contributed by atoms with van der Waals surface area (Å²) in [6.45, 7) is 12.7. The maximum absolute atomic E-state index is 10.5. The first kappa shape index (κ1) is 15.0. The number of phenols is 1. The molecule has 0 aliphatic heterocycles. The van der Waals surface area contributed by atoms with Crippen molar-refractivity contribution in [3.63, 3.8) is 0 Å². The largest absolute Gasteiger partial charge is 0.507 e. The van der Waals surface area contributed by atoms with Crippen LogP contribution in [0.2, 0.25) is 0 Å². The van der Waals surface area contributed by atoms with E-state index in [1.807, 2.05) is 6.07 Å². The second-order valence-electron chi connectivity index (χ2n) is 6.74. The number of aryl methyl sites for hydroxylation is 1. The zero-order valence-corrected chi connectivity index (χ0v) is 12.5. The Morgan fingerprint density at radius 2 is 1.78 bits per heavy atom. The van der Waals surface area contributed by atoms with Crippen LogP contribution in [-0.4, -0.2) is 5.11 Å². The summed E-state index contributed by atoms with van der Waals surface area (Å²) >= 11 is 0. The van der Waals surface area contributed by atoms with Gasteiger partial charge in [0.2, 0.25) is 0 Å². The van der Waals surface area contributed by atoms with Crippen LogP contribution >= 0.6 is 0 Å². The van der Waals surface area contributed by atoms with Gasteiger partial charge in [0, 0.05) is 11.6 Å². The monoisotopic (exact) mass is 249 g/mol. The number of phenolic OH excluding ortho intramolecular Hbond substituents is 1. The summed E-state index contributed by atoms with van der Waals surface area (Å²) in [7, 11) is 0. The van der Waals surface area contributed by atoms with Crippen LogP contribution < -0.4 is 5.73 Å². The molecule has 18 heavy (non-hydrogen) atoms. The van der Waals surface area contributed by atoms with Crippen LogP contribution in [0.3, 0.4) is 0 Å². The molecule has 0 aliphatic carbocycles. The van der Waals surface area contributed by atoms with Crippen LogP contribution in [0.25, 0.3) is 0 Å². The Morgan fingerprint density at radius 3 is 2.22 bits per heavy atom. The molecular formula is C16H27NO. The number of aromatic hydroxyl groups is 1. The standard InChI is InChI=1S/C16H27NO/c1-10(2)7-14(17)12-8-11(3)9-13(15(12)18)16(4,5)6/h8-10,14,18H,7,17H2,1-6H3. The van der Waals surface area contributed by atoms with Gasteiger partial charge in [-0.05, 0) is 30.2 Å². The predicted molar refractivity (Wildman–Crippen MR) is 77.9 cm³/mol. The van der Waals surface area contributed by atoms with Crippen molar-refractivity contribution in [2.24, 2.45) is 11.7 Å². The van der Waals surface area contributed by atoms with Gasteiger partial charge in [-0.2, -0.15) is 0 Å². The molecule has 0 radical (unpaired) electrons. The Morgan fingerprint density at radius 1 is 1.22 bits per heavy atom. The van der Waals surface area contributed by atoms with E-state index in [9.17, 15) is 5.11 Å². The van der Waals surface area contributed by atoms with Crippen LogP contribution in [0, 0.1) is 12.8 Å². The van der Waals surface area contributed by atoms with Gasteiger partial charge in [0.05, 0.1) is 0 Å². The molecule has 0 spiro atoms. The summed E-state index contributed by atoms with van der Waals surface area (Å²) in [6, 6.07) is 3.98. The van der Waals surface area contributed by atoms with Gasteiger partial charge in [0.1, 0.15) is 5.75 Å². The van der Waals surface area contributed by atoms with Crippen molar-refractivity contribution >= 4 is 0 Å². The van der Waals surface area contributed by atoms with Gasteiger partial charge >= 0.3 is 0 Å². The van der Waals surface area contributed by atoms with E-state index < -0.39 is 0 Å². The number of rotatable bonds is 3. The lowest BCUT2D eigenvalue weighted by molar-refractivity contribution is 0.424. The Hall–Kier alpha value is -1.02. The number of hydrogen-bond donors (Lipinski definition) is 2. The molecule has 0 bridgehead atoms. The molecule has 0 aromatic heterocycles. The van der Waals surface area contributed by atoms with E-state index >= 15 is 0 Å². The van der Waals surface area contributed by atoms with E-state index in [1.165, 1.54) is 0 Å². The fourth-order valence-electron chi connectivity index (χ4n) is 2.30. The molecule has 2 nitrogen and oxygen atoms in total. The molecule has 0 heterocycles. The zero-order chi connectivity index (χ0) is 14.1. The Balaban J connectivity index is 3.25. The molecule has 0 saturated heterocycles. The molecule has 1 unspecified atom stereocenters. The Bertz CT molecular complexity index is 416. The summed E-state index contributed by atoms with van der Waals surface area (Å²) in [5.41, 5.74) is 9.18. The summed E-state index contributed by atoms with van der Waals surface area (Å²) in [5, 5.41) is 10.5. The molecule has 1 aromatic carbocycles. The molecule has 0 amide bonds. The van der Waals surface area contributed by atoms with E-state index in [2.05, 4.69) is 47.6 Å². The van der Waals surface area contributed by atoms with Crippen LogP contribution in [0.5, 0.6) is 5.75 Å². The fourth-order valence-corrected chi connectivity index (χ4v) is 2.30. The number of hydrogen-bond acceptors (Lipinski definition) is 2. The van der Waals surface area contributed by atoms with Crippen molar-refractivity contribution in [2.45, 2.75) is 59.4 Å². The molecule has 1 rings (SSSR count). The first-order valence-corrected chi connectivity index (χ1v) is 6.72. The third-order valence-electron chi connectivity index (χ3n) is 3.22. The van der Waals surface area contributed by atoms with Gasteiger partial charge in [-0.1, -0.05) is 52.3 Å². The van der Waals surface area contributed by atoms with Gasteiger partial charge in [0.25, 0.3) is 0 Å². The summed E-state index contributed by atoms with van der Waals surface area (Å²) in [6.07, 6.45) is 0.889. The minimum Gasteiger partial charge on any atom is -0.507 e. The van der Waals surface area contributed by atoms with Gasteiger partial charge in [-0.3, -0.25) is 0 Å². The first-order valence-electron chi connectivity index (χ1n) is 6.72. The molecule has 3 N–H and O–H groups in total. The fraction of sp³-hybridized carbons (Fsp3) is 0.625. The average Bonchev–Trinajstić information content (AvgIpc) is 2.18. The Labute approximate surface area is 111 Å². The van der Waals surface area contributed by atoms with E-state index in [0.29, 0.717) is 11.7 Å². The predicted octanol–water partition coefficient (Wildman–Crippen LogP) is 4.04. The topological polar surface area (TPSA) is 46.2 Å². The van der Waals surface area contributed by atoms with E-state index in [0.717, 1.165) is 23.1 Å². The van der Waals surface area contributed by atoms with Crippen molar-refractivity contribution in [2.75, 3.05) is 0 Å². The molecule has 0 fully saturated rings.